The van der Waals surface area contributed by atoms with E-state index in [1.165, 1.54) is 28.2 Å². The maximum Gasteiger partial charge on any atom is 0.263 e. The molecule has 192 valence electrons. The Morgan fingerprint density at radius 2 is 2.11 bits per heavy atom. The Kier molecular flexibility index (Phi) is 6.16. The predicted octanol–water partition coefficient (Wildman–Crippen LogP) is 2.64. The van der Waals surface area contributed by atoms with Crippen LogP contribution in [-0.4, -0.2) is 66.5 Å². The van der Waals surface area contributed by atoms with Crippen LogP contribution < -0.4 is 21.7 Å². The highest BCUT2D eigenvalue weighted by Crippen LogP contribution is 2.42. The van der Waals surface area contributed by atoms with Crippen LogP contribution in [0.5, 0.6) is 0 Å². The number of carbonyl (C=O) groups excluding carboxylic acids is 1. The third kappa shape index (κ3) is 4.47. The molecule has 0 aromatic carbocycles. The molecule has 1 amide bonds. The molecular formula is C25H32N6O3S2. The fourth-order valence-corrected chi connectivity index (χ4v) is 7.44. The summed E-state index contributed by atoms with van der Waals surface area (Å²) in [5.41, 5.74) is 15.4. The van der Waals surface area contributed by atoms with E-state index in [1.54, 1.807) is 7.11 Å². The van der Waals surface area contributed by atoms with Crippen LogP contribution in [0.3, 0.4) is 0 Å². The summed E-state index contributed by atoms with van der Waals surface area (Å²) in [4.78, 5) is 26.1. The Bertz CT molecular complexity index is 1300. The number of ether oxygens (including phenoxy) is 2. The largest absolute Gasteiger partial charge is 0.396 e. The molecule has 11 heteroatoms. The molecule has 1 saturated heterocycles. The van der Waals surface area contributed by atoms with Crippen molar-refractivity contribution in [2.75, 3.05) is 37.4 Å². The molecule has 2 aliphatic carbocycles. The van der Waals surface area contributed by atoms with Gasteiger partial charge < -0.3 is 31.2 Å². The molecule has 3 atom stereocenters. The molecule has 2 fully saturated rings. The Morgan fingerprint density at radius 1 is 1.28 bits per heavy atom. The van der Waals surface area contributed by atoms with Crippen LogP contribution in [-0.2, 0) is 22.3 Å². The molecule has 0 radical (unpaired) electrons. The maximum atomic E-state index is 13.0. The first-order chi connectivity index (χ1) is 17.3. The highest BCUT2D eigenvalue weighted by Gasteiger charge is 2.48. The lowest BCUT2D eigenvalue weighted by Crippen LogP contribution is -2.39. The zero-order chi connectivity index (χ0) is 25.0. The molecule has 3 aliphatic rings. The van der Waals surface area contributed by atoms with Gasteiger partial charge in [0.2, 0.25) is 0 Å². The molecule has 4 heterocycles. The highest BCUT2D eigenvalue weighted by molar-refractivity contribution is 7.29. The number of methoxy groups -OCH3 is 1. The van der Waals surface area contributed by atoms with Crippen LogP contribution in [0, 0.1) is 6.92 Å². The molecule has 9 nitrogen and oxygen atoms in total. The molecule has 3 aromatic heterocycles. The quantitative estimate of drug-likeness (QED) is 0.427. The van der Waals surface area contributed by atoms with Crippen molar-refractivity contribution in [3.05, 3.63) is 33.3 Å². The topological polar surface area (TPSA) is 129 Å². The highest BCUT2D eigenvalue weighted by atomic mass is 32.1. The lowest BCUT2D eigenvalue weighted by Gasteiger charge is -2.27. The number of nitrogens with zero attached hydrogens (tertiary/aromatic N) is 3. The second kappa shape index (κ2) is 9.21. The average molecular weight is 529 g/mol. The van der Waals surface area contributed by atoms with Crippen molar-refractivity contribution in [1.82, 2.24) is 15.3 Å². The molecule has 3 aromatic rings. The lowest BCUT2D eigenvalue weighted by molar-refractivity contribution is -0.0623. The fourth-order valence-electron chi connectivity index (χ4n) is 5.35. The number of nitrogens with one attached hydrogen (secondary N) is 1. The van der Waals surface area contributed by atoms with Crippen LogP contribution in [0.2, 0.25) is 0 Å². The summed E-state index contributed by atoms with van der Waals surface area (Å²) >= 11 is 2.90. The number of nitrogens with two attached hydrogens (primary N) is 2. The van der Waals surface area contributed by atoms with Crippen LogP contribution in [0.25, 0.3) is 9.53 Å². The maximum absolute atomic E-state index is 13.0. The van der Waals surface area contributed by atoms with E-state index in [0.717, 1.165) is 71.2 Å². The Morgan fingerprint density at radius 3 is 2.86 bits per heavy atom. The van der Waals surface area contributed by atoms with E-state index < -0.39 is 0 Å². The number of aryl methyl sites for hydroxylation is 2. The number of hydrogen-bond donors (Lipinski definition) is 3. The molecule has 36 heavy (non-hydrogen) atoms. The van der Waals surface area contributed by atoms with Gasteiger partial charge in [-0.2, -0.15) is 0 Å². The van der Waals surface area contributed by atoms with E-state index in [1.807, 2.05) is 6.92 Å². The monoisotopic (exact) mass is 528 g/mol. The van der Waals surface area contributed by atoms with Gasteiger partial charge in [-0.3, -0.25) is 4.79 Å². The van der Waals surface area contributed by atoms with Gasteiger partial charge in [0, 0.05) is 31.9 Å². The normalized spacial score (nSPS) is 24.8. The molecule has 1 aliphatic heterocycles. The van der Waals surface area contributed by atoms with E-state index >= 15 is 0 Å². The number of rotatable bonds is 7. The van der Waals surface area contributed by atoms with Gasteiger partial charge in [0.05, 0.1) is 39.7 Å². The van der Waals surface area contributed by atoms with Gasteiger partial charge in [-0.15, -0.1) is 22.7 Å². The Hall–Kier alpha value is -2.31. The van der Waals surface area contributed by atoms with Gasteiger partial charge in [-0.25, -0.2) is 9.97 Å². The molecule has 3 unspecified atom stereocenters. The van der Waals surface area contributed by atoms with Crippen molar-refractivity contribution in [3.8, 4) is 0 Å². The molecule has 0 spiro atoms. The molecule has 1 saturated carbocycles. The fraction of sp³-hybridized carbons (Fsp3) is 0.560. The Labute approximate surface area is 218 Å². The zero-order valence-electron chi connectivity index (χ0n) is 20.6. The van der Waals surface area contributed by atoms with Gasteiger partial charge in [0.25, 0.3) is 5.91 Å². The van der Waals surface area contributed by atoms with Gasteiger partial charge in [-0.05, 0) is 50.7 Å². The standard InChI is InChI=1S/C25H32N6O3S2/c1-13-28-24-22(35-13)20(27)21(36-24)23(32)29-15-4-5-17-14(9-15)3-6-19(30-17)31-10-16(26)18(11-31)34-25(7-8-25)12-33-2/h3,6,15-16,18H,4-5,7-12,26-27H2,1-2H3,(H,29,32). The lowest BCUT2D eigenvalue weighted by atomic mass is 9.91. The molecule has 0 bridgehead atoms. The number of thiazole rings is 1. The van der Waals surface area contributed by atoms with Crippen molar-refractivity contribution < 1.29 is 14.3 Å². The van der Waals surface area contributed by atoms with E-state index in [9.17, 15) is 4.79 Å². The number of nitrogen functional groups attached to an aromatic ring is 1. The number of fused-ring (bicyclic) bond motifs is 2. The van der Waals surface area contributed by atoms with Crippen molar-refractivity contribution in [2.24, 2.45) is 5.73 Å². The van der Waals surface area contributed by atoms with Crippen LogP contribution in [0.4, 0.5) is 11.5 Å². The number of amides is 1. The van der Waals surface area contributed by atoms with Gasteiger partial charge in [0.15, 0.2) is 0 Å². The van der Waals surface area contributed by atoms with Crippen LogP contribution >= 0.6 is 22.7 Å². The predicted molar refractivity (Wildman–Crippen MR) is 143 cm³/mol. The third-order valence-electron chi connectivity index (χ3n) is 7.43. The SMILES string of the molecule is COCC1(OC2CN(c3ccc4c(n3)CCC(NC(=O)c3sc5nc(C)sc5c3N)C4)CC2N)CC1. The third-order valence-corrected chi connectivity index (χ3v) is 9.66. The number of carbonyl (C=O) groups is 1. The van der Waals surface area contributed by atoms with E-state index in [0.29, 0.717) is 17.2 Å². The second-order valence-electron chi connectivity index (χ2n) is 10.2. The first kappa shape index (κ1) is 24.1. The van der Waals surface area contributed by atoms with Gasteiger partial charge >= 0.3 is 0 Å². The number of pyridine rings is 1. The minimum absolute atomic E-state index is 0.0147. The average Bonchev–Trinajstić information content (AvgIpc) is 3.19. The van der Waals surface area contributed by atoms with Crippen molar-refractivity contribution in [3.63, 3.8) is 0 Å². The van der Waals surface area contributed by atoms with Gasteiger partial charge in [0.1, 0.15) is 15.5 Å². The molecule has 6 rings (SSSR count). The summed E-state index contributed by atoms with van der Waals surface area (Å²) < 4.78 is 12.6. The van der Waals surface area contributed by atoms with Gasteiger partial charge in [-0.1, -0.05) is 6.07 Å². The summed E-state index contributed by atoms with van der Waals surface area (Å²) in [6.45, 7) is 4.04. The summed E-state index contributed by atoms with van der Waals surface area (Å²) in [7, 11) is 1.72. The molecular weight excluding hydrogens is 496 g/mol. The minimum atomic E-state index is -0.144. The van der Waals surface area contributed by atoms with E-state index in [4.69, 9.17) is 25.9 Å². The molecule has 5 N–H and O–H groups in total. The van der Waals surface area contributed by atoms with E-state index in [2.05, 4.69) is 27.3 Å². The first-order valence-corrected chi connectivity index (χ1v) is 14.1. The summed E-state index contributed by atoms with van der Waals surface area (Å²) in [6, 6.07) is 4.22. The summed E-state index contributed by atoms with van der Waals surface area (Å²) in [6.07, 6.45) is 4.48. The minimum Gasteiger partial charge on any atom is -0.396 e. The number of anilines is 2. The van der Waals surface area contributed by atoms with Crippen LogP contribution in [0.15, 0.2) is 12.1 Å². The number of thiophene rings is 1. The zero-order valence-corrected chi connectivity index (χ0v) is 22.2. The number of hydrogen-bond acceptors (Lipinski definition) is 10. The summed E-state index contributed by atoms with van der Waals surface area (Å²) in [5, 5.41) is 4.15. The smallest absolute Gasteiger partial charge is 0.263 e. The first-order valence-electron chi connectivity index (χ1n) is 12.5. The van der Waals surface area contributed by atoms with Crippen LogP contribution in [0.1, 0.15) is 45.2 Å². The summed E-state index contributed by atoms with van der Waals surface area (Å²) in [5.74, 6) is 0.834. The second-order valence-corrected chi connectivity index (χ2v) is 12.4. The van der Waals surface area contributed by atoms with E-state index in [-0.39, 0.29) is 29.7 Å². The van der Waals surface area contributed by atoms with Crippen molar-refractivity contribution in [2.45, 2.75) is 62.8 Å². The van der Waals surface area contributed by atoms with Crippen molar-refractivity contribution in [1.29, 1.82) is 0 Å². The number of aromatic nitrogens is 2. The Balaban J connectivity index is 1.09. The van der Waals surface area contributed by atoms with Crippen molar-refractivity contribution >= 4 is 49.6 Å².